The highest BCUT2D eigenvalue weighted by atomic mass is 32.1. The molecule has 4 nitrogen and oxygen atoms in total. The second kappa shape index (κ2) is 5.77. The Balaban J connectivity index is 1.49. The van der Waals surface area contributed by atoms with E-state index in [1.807, 2.05) is 17.5 Å². The normalized spacial score (nSPS) is 24.0. The third-order valence-electron chi connectivity index (χ3n) is 4.03. The van der Waals surface area contributed by atoms with Crippen molar-refractivity contribution in [3.05, 3.63) is 11.1 Å². The molecule has 2 heterocycles. The van der Waals surface area contributed by atoms with Crippen molar-refractivity contribution >= 4 is 16.5 Å². The standard InChI is InChI=1S/C14H24N4S/c1-17-6-5-11(9-17)10-18(2)14-16-8-13(19-14)7-15-12-3-4-12/h8,11-12,15H,3-7,9-10H2,1-2H3. The van der Waals surface area contributed by atoms with Crippen molar-refractivity contribution in [2.75, 3.05) is 38.6 Å². The van der Waals surface area contributed by atoms with Crippen LogP contribution in [0.2, 0.25) is 0 Å². The monoisotopic (exact) mass is 280 g/mol. The van der Waals surface area contributed by atoms with Crippen molar-refractivity contribution in [2.45, 2.75) is 31.8 Å². The molecule has 0 amide bonds. The van der Waals surface area contributed by atoms with E-state index in [1.54, 1.807) is 0 Å². The Morgan fingerprint density at radius 3 is 3.00 bits per heavy atom. The van der Waals surface area contributed by atoms with E-state index >= 15 is 0 Å². The Hall–Kier alpha value is -0.650. The molecule has 1 aliphatic heterocycles. The van der Waals surface area contributed by atoms with E-state index in [-0.39, 0.29) is 0 Å². The molecule has 1 atom stereocenters. The fourth-order valence-corrected chi connectivity index (χ4v) is 3.56. The molecular formula is C14H24N4S. The highest BCUT2D eigenvalue weighted by Gasteiger charge is 2.22. The third kappa shape index (κ3) is 3.68. The lowest BCUT2D eigenvalue weighted by Crippen LogP contribution is -2.27. The fraction of sp³-hybridized carbons (Fsp3) is 0.786. The summed E-state index contributed by atoms with van der Waals surface area (Å²) in [5.41, 5.74) is 0. The van der Waals surface area contributed by atoms with Crippen LogP contribution >= 0.6 is 11.3 Å². The van der Waals surface area contributed by atoms with E-state index in [9.17, 15) is 0 Å². The van der Waals surface area contributed by atoms with Crippen LogP contribution in [0.5, 0.6) is 0 Å². The minimum Gasteiger partial charge on any atom is -0.351 e. The SMILES string of the molecule is CN1CCC(CN(C)c2ncc(CNC3CC3)s2)C1. The Morgan fingerprint density at radius 1 is 1.47 bits per heavy atom. The maximum atomic E-state index is 4.57. The Labute approximate surface area is 119 Å². The van der Waals surface area contributed by atoms with Gasteiger partial charge in [-0.25, -0.2) is 4.98 Å². The molecule has 1 unspecified atom stereocenters. The van der Waals surface area contributed by atoms with Gasteiger partial charge in [0.25, 0.3) is 0 Å². The van der Waals surface area contributed by atoms with Crippen LogP contribution in [-0.2, 0) is 6.54 Å². The van der Waals surface area contributed by atoms with Crippen LogP contribution < -0.4 is 10.2 Å². The molecule has 1 saturated carbocycles. The number of nitrogens with one attached hydrogen (secondary N) is 1. The maximum Gasteiger partial charge on any atom is 0.185 e. The molecule has 0 spiro atoms. The van der Waals surface area contributed by atoms with Gasteiger partial charge >= 0.3 is 0 Å². The lowest BCUT2D eigenvalue weighted by Gasteiger charge is -2.20. The van der Waals surface area contributed by atoms with Gasteiger partial charge in [-0.2, -0.15) is 0 Å². The van der Waals surface area contributed by atoms with Gasteiger partial charge in [0.15, 0.2) is 5.13 Å². The summed E-state index contributed by atoms with van der Waals surface area (Å²) in [7, 11) is 4.39. The Kier molecular flexibility index (Phi) is 4.05. The summed E-state index contributed by atoms with van der Waals surface area (Å²) in [5.74, 6) is 0.798. The minimum atomic E-state index is 0.775. The number of thiazole rings is 1. The van der Waals surface area contributed by atoms with Gasteiger partial charge in [0, 0.05) is 43.8 Å². The molecular weight excluding hydrogens is 256 g/mol. The van der Waals surface area contributed by atoms with Crippen molar-refractivity contribution in [2.24, 2.45) is 5.92 Å². The van der Waals surface area contributed by atoms with Crippen LogP contribution in [0.25, 0.3) is 0 Å². The molecule has 1 aromatic heterocycles. The zero-order valence-electron chi connectivity index (χ0n) is 11.9. The molecule has 106 valence electrons. The number of rotatable bonds is 6. The van der Waals surface area contributed by atoms with Gasteiger partial charge < -0.3 is 15.1 Å². The first-order valence-corrected chi connectivity index (χ1v) is 8.10. The van der Waals surface area contributed by atoms with Crippen LogP contribution in [0.15, 0.2) is 6.20 Å². The summed E-state index contributed by atoms with van der Waals surface area (Å²) in [6.45, 7) is 4.59. The number of aromatic nitrogens is 1. The summed E-state index contributed by atoms with van der Waals surface area (Å²) in [5, 5.41) is 4.72. The number of hydrogen-bond donors (Lipinski definition) is 1. The smallest absolute Gasteiger partial charge is 0.185 e. The van der Waals surface area contributed by atoms with Crippen LogP contribution in [-0.4, -0.2) is 49.7 Å². The van der Waals surface area contributed by atoms with Crippen LogP contribution in [0.4, 0.5) is 5.13 Å². The highest BCUT2D eigenvalue weighted by molar-refractivity contribution is 7.15. The molecule has 2 aliphatic rings. The topological polar surface area (TPSA) is 31.4 Å². The average Bonchev–Trinajstić information content (AvgIpc) is 2.94. The first-order valence-electron chi connectivity index (χ1n) is 7.28. The number of likely N-dealkylation sites (tertiary alicyclic amines) is 1. The van der Waals surface area contributed by atoms with Crippen molar-refractivity contribution in [3.8, 4) is 0 Å². The molecule has 3 rings (SSSR count). The number of nitrogens with zero attached hydrogens (tertiary/aromatic N) is 3. The summed E-state index contributed by atoms with van der Waals surface area (Å²) in [6, 6.07) is 0.775. The summed E-state index contributed by atoms with van der Waals surface area (Å²) >= 11 is 1.83. The van der Waals surface area contributed by atoms with E-state index in [1.165, 1.54) is 42.4 Å². The molecule has 1 N–H and O–H groups in total. The van der Waals surface area contributed by atoms with Gasteiger partial charge in [-0.1, -0.05) is 0 Å². The molecule has 0 aromatic carbocycles. The average molecular weight is 280 g/mol. The molecule has 19 heavy (non-hydrogen) atoms. The Bertz CT molecular complexity index is 415. The van der Waals surface area contributed by atoms with E-state index in [4.69, 9.17) is 0 Å². The van der Waals surface area contributed by atoms with Crippen molar-refractivity contribution in [3.63, 3.8) is 0 Å². The van der Waals surface area contributed by atoms with Gasteiger partial charge in [0.1, 0.15) is 0 Å². The van der Waals surface area contributed by atoms with Gasteiger partial charge in [0.2, 0.25) is 0 Å². The third-order valence-corrected chi connectivity index (χ3v) is 5.14. The highest BCUT2D eigenvalue weighted by Crippen LogP contribution is 2.25. The molecule has 1 aromatic rings. The fourth-order valence-electron chi connectivity index (χ4n) is 2.73. The zero-order chi connectivity index (χ0) is 13.2. The minimum absolute atomic E-state index is 0.775. The lowest BCUT2D eigenvalue weighted by atomic mass is 10.1. The second-order valence-electron chi connectivity index (χ2n) is 6.06. The molecule has 0 bridgehead atoms. The van der Waals surface area contributed by atoms with E-state index in [0.29, 0.717) is 0 Å². The van der Waals surface area contributed by atoms with Crippen LogP contribution in [0.1, 0.15) is 24.1 Å². The molecule has 1 saturated heterocycles. The zero-order valence-corrected chi connectivity index (χ0v) is 12.7. The molecule has 0 radical (unpaired) electrons. The molecule has 2 fully saturated rings. The van der Waals surface area contributed by atoms with Gasteiger partial charge in [-0.3, -0.25) is 0 Å². The van der Waals surface area contributed by atoms with Gasteiger partial charge in [-0.15, -0.1) is 11.3 Å². The number of anilines is 1. The number of hydrogen-bond acceptors (Lipinski definition) is 5. The summed E-state index contributed by atoms with van der Waals surface area (Å²) < 4.78 is 0. The van der Waals surface area contributed by atoms with Gasteiger partial charge in [-0.05, 0) is 38.8 Å². The van der Waals surface area contributed by atoms with Crippen LogP contribution in [0.3, 0.4) is 0 Å². The summed E-state index contributed by atoms with van der Waals surface area (Å²) in [6.07, 6.45) is 6.05. The first kappa shape index (κ1) is 13.3. The second-order valence-corrected chi connectivity index (χ2v) is 7.16. The Morgan fingerprint density at radius 2 is 2.32 bits per heavy atom. The van der Waals surface area contributed by atoms with Crippen LogP contribution in [0, 0.1) is 5.92 Å². The molecule has 1 aliphatic carbocycles. The maximum absolute atomic E-state index is 4.57. The van der Waals surface area contributed by atoms with E-state index in [2.05, 4.69) is 34.2 Å². The van der Waals surface area contributed by atoms with E-state index < -0.39 is 0 Å². The first-order chi connectivity index (χ1) is 9.20. The molecule has 5 heteroatoms. The largest absolute Gasteiger partial charge is 0.351 e. The van der Waals surface area contributed by atoms with E-state index in [0.717, 1.165) is 25.0 Å². The van der Waals surface area contributed by atoms with Crippen molar-refractivity contribution in [1.29, 1.82) is 0 Å². The predicted molar refractivity (Wildman–Crippen MR) is 80.8 cm³/mol. The predicted octanol–water partition coefficient (Wildman–Crippen LogP) is 1.78. The van der Waals surface area contributed by atoms with Gasteiger partial charge in [0.05, 0.1) is 0 Å². The summed E-state index contributed by atoms with van der Waals surface area (Å²) in [4.78, 5) is 10.7. The quantitative estimate of drug-likeness (QED) is 0.861. The van der Waals surface area contributed by atoms with Crippen molar-refractivity contribution in [1.82, 2.24) is 15.2 Å². The van der Waals surface area contributed by atoms with Crippen molar-refractivity contribution < 1.29 is 0 Å². The lowest BCUT2D eigenvalue weighted by molar-refractivity contribution is 0.396.